The van der Waals surface area contributed by atoms with Crippen molar-refractivity contribution in [3.63, 3.8) is 0 Å². The van der Waals surface area contributed by atoms with Crippen molar-refractivity contribution in [2.75, 3.05) is 13.1 Å². The van der Waals surface area contributed by atoms with Crippen LogP contribution in [0.4, 0.5) is 4.79 Å². The summed E-state index contributed by atoms with van der Waals surface area (Å²) in [6, 6.07) is -11.5. The van der Waals surface area contributed by atoms with Crippen LogP contribution in [0.5, 0.6) is 0 Å². The van der Waals surface area contributed by atoms with Gasteiger partial charge in [-0.3, -0.25) is 58.2 Å². The summed E-state index contributed by atoms with van der Waals surface area (Å²) in [6.07, 6.45) is -5.44. The quantitative estimate of drug-likeness (QED) is 0.0382. The maximum absolute atomic E-state index is 14.2. The van der Waals surface area contributed by atoms with Gasteiger partial charge < -0.3 is 62.0 Å². The number of likely N-dealkylation sites (tertiary alicyclic amines) is 1. The molecule has 0 aliphatic carbocycles. The third-order valence-electron chi connectivity index (χ3n) is 10.7. The van der Waals surface area contributed by atoms with Crippen molar-refractivity contribution in [3.8, 4) is 0 Å². The highest BCUT2D eigenvalue weighted by Gasteiger charge is 2.46. The Labute approximate surface area is 424 Å². The molecule has 1 aliphatic rings. The van der Waals surface area contributed by atoms with Gasteiger partial charge in [-0.05, 0) is 58.3 Å². The largest absolute Gasteiger partial charge is 0.481 e. The zero-order valence-corrected chi connectivity index (χ0v) is 43.0. The third-order valence-corrected chi connectivity index (χ3v) is 12.0. The van der Waals surface area contributed by atoms with E-state index in [-0.39, 0.29) is 19.5 Å². The van der Waals surface area contributed by atoms with Gasteiger partial charge in [-0.2, -0.15) is 0 Å². The monoisotopic (exact) mass is 1070 g/mol. The minimum Gasteiger partial charge on any atom is -0.481 e. The van der Waals surface area contributed by atoms with E-state index in [1.54, 1.807) is 20.8 Å². The molecule has 71 heavy (non-hydrogen) atoms. The Kier molecular flexibility index (Phi) is 25.3. The molecule has 0 spiro atoms. The molecule has 29 heteroatoms. The number of hydrogen-bond donors (Lipinski definition) is 11. The molecule has 0 unspecified atom stereocenters. The molecule has 0 bridgehead atoms. The van der Waals surface area contributed by atoms with Gasteiger partial charge in [0.25, 0.3) is 5.91 Å². The molecule has 1 aliphatic heterocycles. The first kappa shape index (κ1) is 63.3. The fourth-order valence-corrected chi connectivity index (χ4v) is 6.84. The zero-order chi connectivity index (χ0) is 54.9. The number of amides is 9. The lowest BCUT2D eigenvalue weighted by atomic mass is 9.98. The third kappa shape index (κ3) is 20.5. The fourth-order valence-electron chi connectivity index (χ4n) is 6.73. The van der Waals surface area contributed by atoms with E-state index in [4.69, 9.17) is 39.5 Å². The van der Waals surface area contributed by atoms with Crippen LogP contribution in [-0.2, 0) is 57.5 Å². The molecule has 11 N–H and O–H groups in total. The van der Waals surface area contributed by atoms with Gasteiger partial charge in [0.2, 0.25) is 45.1 Å². The first-order valence-electron chi connectivity index (χ1n) is 22.5. The number of ether oxygens (including phenoxy) is 1. The Morgan fingerprint density at radius 3 is 1.59 bits per heavy atom. The van der Waals surface area contributed by atoms with Crippen molar-refractivity contribution in [3.05, 3.63) is 0 Å². The molecule has 0 saturated carbocycles. The van der Waals surface area contributed by atoms with Crippen LogP contribution < -0.4 is 37.3 Å². The molecule has 0 aromatic carbocycles. The highest BCUT2D eigenvalue weighted by Crippen LogP contribution is 2.40. The summed E-state index contributed by atoms with van der Waals surface area (Å²) in [7, 11) is 0. The fraction of sp³-hybridized carbons (Fsp3) is 0.714. The Morgan fingerprint density at radius 2 is 1.14 bits per heavy atom. The highest BCUT2D eigenvalue weighted by molar-refractivity contribution is 6.68. The number of aliphatic hydroxyl groups excluding tert-OH is 1. The number of nitrogens with zero attached hydrogens (tertiary/aromatic N) is 2. The van der Waals surface area contributed by atoms with Crippen molar-refractivity contribution in [2.45, 2.75) is 165 Å². The molecule has 1 fully saturated rings. The van der Waals surface area contributed by atoms with Gasteiger partial charge >= 0.3 is 24.0 Å². The van der Waals surface area contributed by atoms with Crippen LogP contribution in [0.2, 0.25) is 0 Å². The van der Waals surface area contributed by atoms with Crippen molar-refractivity contribution in [2.24, 2.45) is 11.8 Å². The molecular formula is C42H66Cl3N9O17. The second-order valence-corrected chi connectivity index (χ2v) is 20.2. The van der Waals surface area contributed by atoms with E-state index >= 15 is 0 Å². The summed E-state index contributed by atoms with van der Waals surface area (Å²) in [5, 5.41) is 52.9. The maximum atomic E-state index is 14.2. The smallest absolute Gasteiger partial charge is 0.429 e. The molecule has 402 valence electrons. The molecule has 8 atom stereocenters. The molecule has 1 rings (SSSR count). The summed E-state index contributed by atoms with van der Waals surface area (Å²) < 4.78 is 3.34. The van der Waals surface area contributed by atoms with Gasteiger partial charge in [-0.1, -0.05) is 69.4 Å². The van der Waals surface area contributed by atoms with Crippen molar-refractivity contribution in [1.82, 2.24) is 47.2 Å². The summed E-state index contributed by atoms with van der Waals surface area (Å²) in [6.45, 7) is 12.7. The van der Waals surface area contributed by atoms with E-state index in [1.165, 1.54) is 32.6 Å². The first-order chi connectivity index (χ1) is 32.6. The van der Waals surface area contributed by atoms with E-state index in [0.29, 0.717) is 12.8 Å². The number of hydrogen-bond acceptors (Lipinski definition) is 14. The first-order valence-corrected chi connectivity index (χ1v) is 23.6. The standard InChI is InChI=1S/C42H66Cl3N9O17/c1-10-15-54(40(70)71-41(8,9)42(43,44)45)52-36(66)26-12-11-16-53(26)39(69)31(20(4)5)50-37(67)30(19(2)3)49-35(65)25(18-29(61)62)48-33(63)23(13-14-27(57)58)47-38(68)32(21(6)55)51-34(64)24(17-28(59)60)46-22(7)56/h19-21,23-26,30-32,55H,10-18H2,1-9H3,(H,46,56)(H,47,68)(H,48,63)(H,49,65)(H,50,67)(H,51,64)(H,52,66)(H,57,58)(H,59,60)(H,61,62)/t21-,23+,24+,25+,26-,30+,31+,32+/m1/s1. The number of carboxylic acids is 3. The second-order valence-electron chi connectivity index (χ2n) is 17.9. The average Bonchev–Trinajstić information content (AvgIpc) is 3.73. The van der Waals surface area contributed by atoms with E-state index < -0.39 is 167 Å². The van der Waals surface area contributed by atoms with E-state index in [0.717, 1.165) is 18.9 Å². The number of alkyl halides is 3. The molecule has 0 aromatic rings. The number of aliphatic carboxylic acids is 3. The predicted octanol–water partition coefficient (Wildman–Crippen LogP) is -0.558. The zero-order valence-electron chi connectivity index (χ0n) is 40.8. The van der Waals surface area contributed by atoms with Gasteiger partial charge in [-0.15, -0.1) is 0 Å². The van der Waals surface area contributed by atoms with Crippen LogP contribution in [0.1, 0.15) is 107 Å². The SMILES string of the molecule is CCCN(NC(=O)[C@H]1CCCN1C(=O)[C@@H](NC(=O)[C@@H](NC(=O)[C@H](CC(=O)O)NC(=O)[C@H](CCC(=O)O)NC(=O)[C@@H](NC(=O)[C@H](CC(=O)O)NC(C)=O)[C@@H](C)O)C(C)C)C(C)C)C(=O)OC(C)(C)C(Cl)(Cl)Cl. The molecule has 26 nitrogen and oxygen atoms in total. The number of hydrazine groups is 1. The topological polar surface area (TPSA) is 386 Å². The number of rotatable bonds is 26. The number of aliphatic hydroxyl groups is 1. The van der Waals surface area contributed by atoms with Gasteiger partial charge in [-0.25, -0.2) is 9.80 Å². The molecule has 0 aromatic heterocycles. The Bertz CT molecular complexity index is 1970. The van der Waals surface area contributed by atoms with Crippen LogP contribution in [0.25, 0.3) is 0 Å². The number of halogens is 3. The average molecular weight is 1080 g/mol. The minimum absolute atomic E-state index is 0.0273. The number of carbonyl (C=O) groups excluding carboxylic acids is 9. The van der Waals surface area contributed by atoms with Crippen molar-refractivity contribution >= 4 is 106 Å². The van der Waals surface area contributed by atoms with Crippen LogP contribution in [0, 0.1) is 11.8 Å². The molecular weight excluding hydrogens is 1010 g/mol. The van der Waals surface area contributed by atoms with Gasteiger partial charge in [0, 0.05) is 26.4 Å². The highest BCUT2D eigenvalue weighted by atomic mass is 35.6. The molecule has 1 heterocycles. The van der Waals surface area contributed by atoms with E-state index in [1.807, 2.05) is 0 Å². The summed E-state index contributed by atoms with van der Waals surface area (Å²) in [5.74, 6) is -14.3. The summed E-state index contributed by atoms with van der Waals surface area (Å²) in [5.41, 5.74) is 0.841. The van der Waals surface area contributed by atoms with Crippen LogP contribution in [0.15, 0.2) is 0 Å². The second kappa shape index (κ2) is 28.3. The summed E-state index contributed by atoms with van der Waals surface area (Å²) >= 11 is 17.9. The van der Waals surface area contributed by atoms with Crippen molar-refractivity contribution in [1.29, 1.82) is 0 Å². The van der Waals surface area contributed by atoms with E-state index in [2.05, 4.69) is 37.3 Å². The number of carboxylic acid groups (broad SMARTS) is 3. The molecule has 0 radical (unpaired) electrons. The lowest BCUT2D eigenvalue weighted by Gasteiger charge is -2.35. The van der Waals surface area contributed by atoms with E-state index in [9.17, 15) is 78.0 Å². The lowest BCUT2D eigenvalue weighted by Crippen LogP contribution is -2.62. The summed E-state index contributed by atoms with van der Waals surface area (Å²) in [4.78, 5) is 156. The molecule has 1 saturated heterocycles. The van der Waals surface area contributed by atoms with Crippen LogP contribution in [-0.4, -0.2) is 172 Å². The maximum Gasteiger partial charge on any atom is 0.429 e. The predicted molar refractivity (Wildman–Crippen MR) is 251 cm³/mol. The lowest BCUT2D eigenvalue weighted by molar-refractivity contribution is -0.144. The molecule has 9 amide bonds. The Hall–Kier alpha value is -5.73. The van der Waals surface area contributed by atoms with Gasteiger partial charge in [0.1, 0.15) is 42.3 Å². The normalized spacial score (nSPS) is 16.7. The Balaban J connectivity index is 3.37. The number of nitrogens with one attached hydrogen (secondary N) is 7. The number of carbonyl (C=O) groups is 12. The Morgan fingerprint density at radius 1 is 0.676 bits per heavy atom. The van der Waals surface area contributed by atoms with Crippen LogP contribution >= 0.6 is 34.8 Å². The minimum atomic E-state index is -2.04. The van der Waals surface area contributed by atoms with Crippen LogP contribution in [0.3, 0.4) is 0 Å². The van der Waals surface area contributed by atoms with Gasteiger partial charge in [0.05, 0.1) is 18.9 Å². The van der Waals surface area contributed by atoms with Gasteiger partial charge in [0.15, 0.2) is 5.60 Å². The van der Waals surface area contributed by atoms with Crippen molar-refractivity contribution < 1.29 is 82.7 Å².